The number of aromatic nitrogens is 1. The second-order valence-electron chi connectivity index (χ2n) is 5.01. The van der Waals surface area contributed by atoms with Crippen LogP contribution in [-0.2, 0) is 13.1 Å². The van der Waals surface area contributed by atoms with Gasteiger partial charge in [-0.2, -0.15) is 0 Å². The van der Waals surface area contributed by atoms with Gasteiger partial charge in [-0.1, -0.05) is 18.2 Å². The summed E-state index contributed by atoms with van der Waals surface area (Å²) in [6.07, 6.45) is 3.83. The summed E-state index contributed by atoms with van der Waals surface area (Å²) in [4.78, 5) is 10.8. The maximum Gasteiger partial charge on any atom is 0.133 e. The summed E-state index contributed by atoms with van der Waals surface area (Å²) in [6.45, 7) is 8.76. The average molecular weight is 285 g/mol. The molecule has 3 heterocycles. The van der Waals surface area contributed by atoms with E-state index in [0.29, 0.717) is 0 Å². The Morgan fingerprint density at radius 1 is 1.30 bits per heavy atom. The first-order valence-corrected chi connectivity index (χ1v) is 7.79. The molecular weight excluding hydrogens is 266 g/mol. The average Bonchev–Trinajstić information content (AvgIpc) is 2.90. The lowest BCUT2D eigenvalue weighted by atomic mass is 10.2. The second-order valence-corrected chi connectivity index (χ2v) is 6.04. The normalized spacial score (nSPS) is 15.7. The number of hydrogen-bond acceptors (Lipinski definition) is 4. The van der Waals surface area contributed by atoms with E-state index in [9.17, 15) is 0 Å². The van der Waals surface area contributed by atoms with Crippen LogP contribution in [0.25, 0.3) is 0 Å². The molecule has 0 aliphatic carbocycles. The molecule has 0 spiro atoms. The van der Waals surface area contributed by atoms with E-state index in [-0.39, 0.29) is 0 Å². The van der Waals surface area contributed by atoms with Crippen molar-refractivity contribution in [1.82, 2.24) is 9.88 Å². The van der Waals surface area contributed by atoms with Gasteiger partial charge in [0.2, 0.25) is 0 Å². The molecule has 20 heavy (non-hydrogen) atoms. The third-order valence-corrected chi connectivity index (χ3v) is 4.42. The smallest absolute Gasteiger partial charge is 0.133 e. The fraction of sp³-hybridized carbons (Fsp3) is 0.312. The summed E-state index contributed by atoms with van der Waals surface area (Å²) in [7, 11) is 0. The molecule has 0 N–H and O–H groups in total. The van der Waals surface area contributed by atoms with Gasteiger partial charge in [-0.25, -0.2) is 4.98 Å². The van der Waals surface area contributed by atoms with Crippen LogP contribution in [0.3, 0.4) is 0 Å². The van der Waals surface area contributed by atoms with E-state index in [4.69, 9.17) is 0 Å². The fourth-order valence-corrected chi connectivity index (χ4v) is 3.36. The summed E-state index contributed by atoms with van der Waals surface area (Å²) in [5.74, 6) is 1.11. The Hall–Kier alpha value is -1.65. The Labute approximate surface area is 124 Å². The summed E-state index contributed by atoms with van der Waals surface area (Å²) >= 11 is 1.83. The lowest BCUT2D eigenvalue weighted by Gasteiger charge is -2.22. The monoisotopic (exact) mass is 285 g/mol. The van der Waals surface area contributed by atoms with E-state index in [2.05, 4.69) is 44.9 Å². The van der Waals surface area contributed by atoms with Crippen LogP contribution in [0.1, 0.15) is 10.4 Å². The highest BCUT2D eigenvalue weighted by molar-refractivity contribution is 7.09. The fourth-order valence-electron chi connectivity index (χ4n) is 2.62. The van der Waals surface area contributed by atoms with Gasteiger partial charge in [0, 0.05) is 49.4 Å². The van der Waals surface area contributed by atoms with Gasteiger partial charge in [-0.15, -0.1) is 17.9 Å². The zero-order valence-electron chi connectivity index (χ0n) is 11.5. The quantitative estimate of drug-likeness (QED) is 0.805. The molecule has 2 aromatic heterocycles. The van der Waals surface area contributed by atoms with E-state index < -0.39 is 0 Å². The highest BCUT2D eigenvalue weighted by atomic mass is 32.1. The maximum atomic E-state index is 4.56. The van der Waals surface area contributed by atoms with Crippen LogP contribution in [-0.4, -0.2) is 29.5 Å². The Balaban J connectivity index is 1.81. The summed E-state index contributed by atoms with van der Waals surface area (Å²) in [5, 5.41) is 2.15. The minimum absolute atomic E-state index is 0.858. The van der Waals surface area contributed by atoms with E-state index in [0.717, 1.165) is 38.5 Å². The maximum absolute atomic E-state index is 4.56. The molecule has 4 heteroatoms. The molecule has 1 aliphatic rings. The molecule has 1 aliphatic heterocycles. The van der Waals surface area contributed by atoms with Crippen molar-refractivity contribution in [2.75, 3.05) is 24.5 Å². The topological polar surface area (TPSA) is 19.4 Å². The first kappa shape index (κ1) is 13.3. The van der Waals surface area contributed by atoms with Crippen molar-refractivity contribution >= 4 is 17.2 Å². The zero-order chi connectivity index (χ0) is 13.8. The number of anilines is 1. The molecule has 0 aromatic carbocycles. The van der Waals surface area contributed by atoms with Crippen molar-refractivity contribution in [3.8, 4) is 0 Å². The lowest BCUT2D eigenvalue weighted by Crippen LogP contribution is -2.31. The molecule has 0 saturated heterocycles. The summed E-state index contributed by atoms with van der Waals surface area (Å²) in [6, 6.07) is 8.54. The number of thiophene rings is 1. The largest absolute Gasteiger partial charge is 0.351 e. The van der Waals surface area contributed by atoms with Crippen molar-refractivity contribution in [2.45, 2.75) is 13.1 Å². The number of nitrogens with zero attached hydrogens (tertiary/aromatic N) is 3. The van der Waals surface area contributed by atoms with E-state index in [1.54, 1.807) is 0 Å². The van der Waals surface area contributed by atoms with Gasteiger partial charge in [0.05, 0.1) is 0 Å². The Bertz CT molecular complexity index is 565. The van der Waals surface area contributed by atoms with Crippen molar-refractivity contribution < 1.29 is 0 Å². The van der Waals surface area contributed by atoms with Crippen molar-refractivity contribution in [1.29, 1.82) is 0 Å². The molecule has 0 radical (unpaired) electrons. The minimum atomic E-state index is 0.858. The molecule has 0 fully saturated rings. The highest BCUT2D eigenvalue weighted by Gasteiger charge is 2.20. The van der Waals surface area contributed by atoms with Crippen molar-refractivity contribution in [3.05, 3.63) is 58.9 Å². The van der Waals surface area contributed by atoms with Crippen LogP contribution in [0.5, 0.6) is 0 Å². The number of rotatable bonds is 4. The van der Waals surface area contributed by atoms with Gasteiger partial charge in [-0.05, 0) is 17.5 Å². The van der Waals surface area contributed by atoms with Gasteiger partial charge in [0.1, 0.15) is 5.82 Å². The zero-order valence-corrected chi connectivity index (χ0v) is 12.4. The number of hydrogen-bond donors (Lipinski definition) is 0. The minimum Gasteiger partial charge on any atom is -0.351 e. The standard InChI is InChI=1S/C16H19N3S/c1-2-8-19-10-9-18(13-15-6-4-11-20-15)12-14-5-3-7-17-16(14)19/h2-7,11H,1,8-10,12-13H2. The molecule has 3 nitrogen and oxygen atoms in total. The van der Waals surface area contributed by atoms with Crippen LogP contribution in [0.4, 0.5) is 5.82 Å². The summed E-state index contributed by atoms with van der Waals surface area (Å²) in [5.41, 5.74) is 1.31. The number of pyridine rings is 1. The molecule has 0 unspecified atom stereocenters. The SMILES string of the molecule is C=CCN1CCN(Cc2cccs2)Cc2cccnc21. The molecular formula is C16H19N3S. The van der Waals surface area contributed by atoms with Crippen LogP contribution < -0.4 is 4.90 Å². The third-order valence-electron chi connectivity index (χ3n) is 3.56. The van der Waals surface area contributed by atoms with E-state index in [1.807, 2.05) is 29.7 Å². The van der Waals surface area contributed by atoms with E-state index >= 15 is 0 Å². The lowest BCUT2D eigenvalue weighted by molar-refractivity contribution is 0.271. The molecule has 0 amide bonds. The Kier molecular flexibility index (Phi) is 4.14. The van der Waals surface area contributed by atoms with Crippen LogP contribution >= 0.6 is 11.3 Å². The van der Waals surface area contributed by atoms with E-state index in [1.165, 1.54) is 10.4 Å². The second kappa shape index (κ2) is 6.20. The predicted octanol–water partition coefficient (Wildman–Crippen LogP) is 3.15. The van der Waals surface area contributed by atoms with Gasteiger partial charge >= 0.3 is 0 Å². The first-order valence-electron chi connectivity index (χ1n) is 6.91. The van der Waals surface area contributed by atoms with Gasteiger partial charge in [0.25, 0.3) is 0 Å². The molecule has 0 bridgehead atoms. The van der Waals surface area contributed by atoms with Crippen molar-refractivity contribution in [3.63, 3.8) is 0 Å². The third kappa shape index (κ3) is 2.92. The summed E-state index contributed by atoms with van der Waals surface area (Å²) < 4.78 is 0. The molecule has 0 atom stereocenters. The van der Waals surface area contributed by atoms with Crippen LogP contribution in [0, 0.1) is 0 Å². The van der Waals surface area contributed by atoms with Crippen LogP contribution in [0.2, 0.25) is 0 Å². The van der Waals surface area contributed by atoms with Crippen molar-refractivity contribution in [2.24, 2.45) is 0 Å². The van der Waals surface area contributed by atoms with Gasteiger partial charge in [-0.3, -0.25) is 4.90 Å². The molecule has 3 rings (SSSR count). The Morgan fingerprint density at radius 2 is 2.25 bits per heavy atom. The Morgan fingerprint density at radius 3 is 3.05 bits per heavy atom. The van der Waals surface area contributed by atoms with Crippen LogP contribution in [0.15, 0.2) is 48.5 Å². The molecule has 104 valence electrons. The van der Waals surface area contributed by atoms with Gasteiger partial charge in [0.15, 0.2) is 0 Å². The highest BCUT2D eigenvalue weighted by Crippen LogP contribution is 2.24. The number of fused-ring (bicyclic) bond motifs is 1. The predicted molar refractivity (Wildman–Crippen MR) is 85.1 cm³/mol. The first-order chi connectivity index (χ1) is 9.86. The molecule has 2 aromatic rings. The van der Waals surface area contributed by atoms with Gasteiger partial charge < -0.3 is 4.90 Å². The molecule has 0 saturated carbocycles.